The second-order valence-electron chi connectivity index (χ2n) is 4.56. The third-order valence-corrected chi connectivity index (χ3v) is 3.47. The molecule has 84 valence electrons. The second-order valence-corrected chi connectivity index (χ2v) is 4.56. The summed E-state index contributed by atoms with van der Waals surface area (Å²) in [5.41, 5.74) is 0.510. The summed E-state index contributed by atoms with van der Waals surface area (Å²) in [6, 6.07) is 3.68. The van der Waals surface area contributed by atoms with Gasteiger partial charge in [0.1, 0.15) is 5.82 Å². The van der Waals surface area contributed by atoms with Gasteiger partial charge in [-0.2, -0.15) is 0 Å². The Bertz CT molecular complexity index is 406. The first-order valence-electron chi connectivity index (χ1n) is 5.57. The maximum atomic E-state index is 11.2. The summed E-state index contributed by atoms with van der Waals surface area (Å²) >= 11 is 0. The van der Waals surface area contributed by atoms with E-state index >= 15 is 0 Å². The molecule has 2 aliphatic rings. The molecule has 0 amide bonds. The van der Waals surface area contributed by atoms with Crippen LogP contribution in [0.3, 0.4) is 0 Å². The topological polar surface area (TPSA) is 42.4 Å². The number of hydrogen-bond acceptors (Lipinski definition) is 4. The third-order valence-electron chi connectivity index (χ3n) is 3.47. The molecule has 0 spiro atoms. The lowest BCUT2D eigenvalue weighted by Crippen LogP contribution is -2.22. The van der Waals surface area contributed by atoms with E-state index in [9.17, 15) is 4.79 Å². The average Bonchev–Trinajstić information content (AvgIpc) is 2.95. The Balaban J connectivity index is 1.74. The van der Waals surface area contributed by atoms with E-state index < -0.39 is 0 Å². The minimum absolute atomic E-state index is 0.330. The van der Waals surface area contributed by atoms with Gasteiger partial charge in [0.2, 0.25) is 0 Å². The number of nitrogens with zero attached hydrogens (tertiary/aromatic N) is 2. The van der Waals surface area contributed by atoms with E-state index in [-0.39, 0.29) is 5.97 Å². The molecule has 1 saturated heterocycles. The number of piperidine rings is 1. The lowest BCUT2D eigenvalue weighted by molar-refractivity contribution is 0.0600. The smallest absolute Gasteiger partial charge is 0.339 e. The number of rotatable bonds is 2. The Morgan fingerprint density at radius 3 is 2.75 bits per heavy atom. The molecule has 1 aromatic heterocycles. The SMILES string of the molecule is COC(=O)c1ccc(N2CC3CC3C2)nc1. The lowest BCUT2D eigenvalue weighted by Gasteiger charge is -2.18. The van der Waals surface area contributed by atoms with Crippen LogP contribution in [0.5, 0.6) is 0 Å². The van der Waals surface area contributed by atoms with Gasteiger partial charge >= 0.3 is 5.97 Å². The molecular weight excluding hydrogens is 204 g/mol. The molecule has 1 aromatic rings. The van der Waals surface area contributed by atoms with Crippen LogP contribution < -0.4 is 4.90 Å². The number of esters is 1. The van der Waals surface area contributed by atoms with Gasteiger partial charge in [-0.15, -0.1) is 0 Å². The maximum absolute atomic E-state index is 11.2. The van der Waals surface area contributed by atoms with Crippen LogP contribution >= 0.6 is 0 Å². The van der Waals surface area contributed by atoms with Crippen molar-refractivity contribution in [2.75, 3.05) is 25.1 Å². The first kappa shape index (κ1) is 9.63. The lowest BCUT2D eigenvalue weighted by atomic mass is 10.3. The summed E-state index contributed by atoms with van der Waals surface area (Å²) in [5, 5.41) is 0. The average molecular weight is 218 g/mol. The number of pyridine rings is 1. The van der Waals surface area contributed by atoms with Crippen LogP contribution in [0.1, 0.15) is 16.8 Å². The molecule has 4 heteroatoms. The van der Waals surface area contributed by atoms with Gasteiger partial charge in [-0.3, -0.25) is 0 Å². The van der Waals surface area contributed by atoms with E-state index in [1.165, 1.54) is 13.5 Å². The summed E-state index contributed by atoms with van der Waals surface area (Å²) in [5.74, 6) is 2.42. The minimum atomic E-state index is -0.330. The summed E-state index contributed by atoms with van der Waals surface area (Å²) in [6.45, 7) is 2.24. The van der Waals surface area contributed by atoms with Crippen molar-refractivity contribution in [3.8, 4) is 0 Å². The highest BCUT2D eigenvalue weighted by atomic mass is 16.5. The number of fused-ring (bicyclic) bond motifs is 1. The fourth-order valence-corrected chi connectivity index (χ4v) is 2.40. The van der Waals surface area contributed by atoms with Crippen LogP contribution in [-0.2, 0) is 4.74 Å². The van der Waals surface area contributed by atoms with Crippen molar-refractivity contribution >= 4 is 11.8 Å². The van der Waals surface area contributed by atoms with Crippen molar-refractivity contribution in [1.82, 2.24) is 4.98 Å². The van der Waals surface area contributed by atoms with Crippen LogP contribution in [0, 0.1) is 11.8 Å². The molecule has 3 rings (SSSR count). The summed E-state index contributed by atoms with van der Waals surface area (Å²) in [7, 11) is 1.38. The summed E-state index contributed by atoms with van der Waals surface area (Å²) in [4.78, 5) is 17.8. The zero-order valence-corrected chi connectivity index (χ0v) is 9.22. The van der Waals surface area contributed by atoms with Gasteiger partial charge in [-0.05, 0) is 30.4 Å². The zero-order chi connectivity index (χ0) is 11.1. The van der Waals surface area contributed by atoms with Crippen molar-refractivity contribution < 1.29 is 9.53 Å². The van der Waals surface area contributed by atoms with Gasteiger partial charge in [-0.1, -0.05) is 0 Å². The molecule has 16 heavy (non-hydrogen) atoms. The molecule has 2 atom stereocenters. The van der Waals surface area contributed by atoms with Crippen LogP contribution in [-0.4, -0.2) is 31.2 Å². The molecule has 0 bridgehead atoms. The fraction of sp³-hybridized carbons (Fsp3) is 0.500. The van der Waals surface area contributed by atoms with Gasteiger partial charge < -0.3 is 9.64 Å². The van der Waals surface area contributed by atoms with Crippen LogP contribution in [0.4, 0.5) is 5.82 Å². The molecule has 1 aliphatic carbocycles. The van der Waals surface area contributed by atoms with E-state index in [1.54, 1.807) is 12.3 Å². The van der Waals surface area contributed by atoms with Gasteiger partial charge in [-0.25, -0.2) is 9.78 Å². The Morgan fingerprint density at radius 1 is 1.44 bits per heavy atom. The zero-order valence-electron chi connectivity index (χ0n) is 9.22. The Hall–Kier alpha value is -1.58. The molecule has 4 nitrogen and oxygen atoms in total. The van der Waals surface area contributed by atoms with Crippen LogP contribution in [0.15, 0.2) is 18.3 Å². The standard InChI is InChI=1S/C12H14N2O2/c1-16-12(15)8-2-3-11(13-5-8)14-6-9-4-10(9)7-14/h2-3,5,9-10H,4,6-7H2,1H3. The molecule has 0 radical (unpaired) electrons. The monoisotopic (exact) mass is 218 g/mol. The van der Waals surface area contributed by atoms with Gasteiger partial charge in [0.05, 0.1) is 12.7 Å². The molecule has 2 fully saturated rings. The first-order chi connectivity index (χ1) is 7.78. The number of carbonyl (C=O) groups is 1. The minimum Gasteiger partial charge on any atom is -0.465 e. The molecule has 0 aromatic carbocycles. The highest BCUT2D eigenvalue weighted by Crippen LogP contribution is 2.45. The molecule has 0 N–H and O–H groups in total. The van der Waals surface area contributed by atoms with Gasteiger partial charge in [0.25, 0.3) is 0 Å². The highest BCUT2D eigenvalue weighted by Gasteiger charge is 2.45. The number of ether oxygens (including phenoxy) is 1. The Kier molecular flexibility index (Phi) is 2.09. The van der Waals surface area contributed by atoms with Crippen molar-refractivity contribution in [3.63, 3.8) is 0 Å². The van der Waals surface area contributed by atoms with Crippen molar-refractivity contribution in [3.05, 3.63) is 23.9 Å². The van der Waals surface area contributed by atoms with E-state index in [0.29, 0.717) is 5.56 Å². The van der Waals surface area contributed by atoms with E-state index in [0.717, 1.165) is 30.7 Å². The Morgan fingerprint density at radius 2 is 2.19 bits per heavy atom. The van der Waals surface area contributed by atoms with Crippen molar-refractivity contribution in [1.29, 1.82) is 0 Å². The predicted molar refractivity (Wildman–Crippen MR) is 59.4 cm³/mol. The highest BCUT2D eigenvalue weighted by molar-refractivity contribution is 5.89. The van der Waals surface area contributed by atoms with Crippen LogP contribution in [0.25, 0.3) is 0 Å². The largest absolute Gasteiger partial charge is 0.465 e. The molecule has 2 heterocycles. The quantitative estimate of drug-likeness (QED) is 0.702. The number of methoxy groups -OCH3 is 1. The van der Waals surface area contributed by atoms with Gasteiger partial charge in [0.15, 0.2) is 0 Å². The molecule has 1 aliphatic heterocycles. The maximum Gasteiger partial charge on any atom is 0.339 e. The van der Waals surface area contributed by atoms with E-state index in [1.807, 2.05) is 6.07 Å². The van der Waals surface area contributed by atoms with E-state index in [4.69, 9.17) is 0 Å². The number of anilines is 1. The normalized spacial score (nSPS) is 26.4. The van der Waals surface area contributed by atoms with Crippen molar-refractivity contribution in [2.45, 2.75) is 6.42 Å². The third kappa shape index (κ3) is 1.54. The Labute approximate surface area is 94.2 Å². The number of aromatic nitrogens is 1. The first-order valence-corrected chi connectivity index (χ1v) is 5.57. The van der Waals surface area contributed by atoms with E-state index in [2.05, 4.69) is 14.6 Å². The van der Waals surface area contributed by atoms with Crippen molar-refractivity contribution in [2.24, 2.45) is 11.8 Å². The predicted octanol–water partition coefficient (Wildman–Crippen LogP) is 1.32. The number of carbonyl (C=O) groups excluding carboxylic acids is 1. The molecule has 1 saturated carbocycles. The second kappa shape index (κ2) is 3.47. The summed E-state index contributed by atoms with van der Waals surface area (Å²) in [6.07, 6.45) is 2.97. The van der Waals surface area contributed by atoms with Crippen LogP contribution in [0.2, 0.25) is 0 Å². The molecule has 2 unspecified atom stereocenters. The van der Waals surface area contributed by atoms with Gasteiger partial charge in [0, 0.05) is 19.3 Å². The number of hydrogen-bond donors (Lipinski definition) is 0. The fourth-order valence-electron chi connectivity index (χ4n) is 2.40. The summed E-state index contributed by atoms with van der Waals surface area (Å²) < 4.78 is 4.63. The molecular formula is C12H14N2O2.